The molecule has 1 rings (SSSR count). The van der Waals surface area contributed by atoms with Crippen molar-refractivity contribution in [1.82, 2.24) is 0 Å². The fourth-order valence-electron chi connectivity index (χ4n) is 3.95. The van der Waals surface area contributed by atoms with Gasteiger partial charge in [0.15, 0.2) is 0 Å². The van der Waals surface area contributed by atoms with E-state index in [1.54, 1.807) is 0 Å². The standard InChI is InChI=1S/C26H46/c1-3-4-5-6-7-8-9-10-11-12-13-14-15-16-17-19-22-25(2)26-23-20-18-21-24-26/h18,20-21,23-25H,3-17,19,22H2,1-2H3. The molecule has 26 heavy (non-hydrogen) atoms. The molecule has 0 heterocycles. The number of hydrogen-bond acceptors (Lipinski definition) is 0. The normalized spacial score (nSPS) is 12.4. The van der Waals surface area contributed by atoms with Crippen molar-refractivity contribution in [3.05, 3.63) is 35.9 Å². The fourth-order valence-corrected chi connectivity index (χ4v) is 3.95. The third kappa shape index (κ3) is 13.4. The van der Waals surface area contributed by atoms with Crippen LogP contribution in [0.5, 0.6) is 0 Å². The molecule has 0 aromatic heterocycles. The Bertz CT molecular complexity index is 380. The fraction of sp³-hybridized carbons (Fsp3) is 0.769. The van der Waals surface area contributed by atoms with Gasteiger partial charge in [0, 0.05) is 0 Å². The summed E-state index contributed by atoms with van der Waals surface area (Å²) in [6.07, 6.45) is 24.6. The Labute approximate surface area is 165 Å². The SMILES string of the molecule is CCCCCCCCCCCCCCCCCCC(C)c1ccccc1. The van der Waals surface area contributed by atoms with E-state index in [1.807, 2.05) is 0 Å². The summed E-state index contributed by atoms with van der Waals surface area (Å²) >= 11 is 0. The molecule has 0 fully saturated rings. The largest absolute Gasteiger partial charge is 0.0654 e. The van der Waals surface area contributed by atoms with Crippen molar-refractivity contribution in [2.45, 2.75) is 129 Å². The summed E-state index contributed by atoms with van der Waals surface area (Å²) in [5, 5.41) is 0. The number of benzene rings is 1. The highest BCUT2D eigenvalue weighted by Gasteiger charge is 2.03. The van der Waals surface area contributed by atoms with E-state index in [9.17, 15) is 0 Å². The quantitative estimate of drug-likeness (QED) is 0.229. The Balaban J connectivity index is 1.76. The Morgan fingerprint density at radius 3 is 1.35 bits per heavy atom. The van der Waals surface area contributed by atoms with Crippen LogP contribution in [0.25, 0.3) is 0 Å². The van der Waals surface area contributed by atoms with E-state index in [0.717, 1.165) is 5.92 Å². The topological polar surface area (TPSA) is 0 Å². The molecule has 0 amide bonds. The number of rotatable bonds is 18. The van der Waals surface area contributed by atoms with Gasteiger partial charge in [-0.1, -0.05) is 147 Å². The molecule has 0 heteroatoms. The number of unbranched alkanes of at least 4 members (excludes halogenated alkanes) is 15. The van der Waals surface area contributed by atoms with E-state index in [-0.39, 0.29) is 0 Å². The summed E-state index contributed by atoms with van der Waals surface area (Å²) in [7, 11) is 0. The van der Waals surface area contributed by atoms with E-state index in [2.05, 4.69) is 44.2 Å². The zero-order valence-corrected chi connectivity index (χ0v) is 18.0. The van der Waals surface area contributed by atoms with Crippen molar-refractivity contribution in [1.29, 1.82) is 0 Å². The van der Waals surface area contributed by atoms with Crippen molar-refractivity contribution in [3.63, 3.8) is 0 Å². The van der Waals surface area contributed by atoms with E-state index in [0.29, 0.717) is 0 Å². The van der Waals surface area contributed by atoms with Crippen molar-refractivity contribution in [3.8, 4) is 0 Å². The highest BCUT2D eigenvalue weighted by Crippen LogP contribution is 2.22. The first-order valence-corrected chi connectivity index (χ1v) is 11.9. The van der Waals surface area contributed by atoms with Gasteiger partial charge in [0.05, 0.1) is 0 Å². The lowest BCUT2D eigenvalue weighted by Crippen LogP contribution is -1.93. The Morgan fingerprint density at radius 1 is 0.538 bits per heavy atom. The average molecular weight is 359 g/mol. The van der Waals surface area contributed by atoms with Crippen LogP contribution in [0.3, 0.4) is 0 Å². The van der Waals surface area contributed by atoms with E-state index in [1.165, 1.54) is 115 Å². The predicted molar refractivity (Wildman–Crippen MR) is 119 cm³/mol. The summed E-state index contributed by atoms with van der Waals surface area (Å²) in [5.74, 6) is 0.725. The van der Waals surface area contributed by atoms with Gasteiger partial charge >= 0.3 is 0 Å². The molecule has 1 atom stereocenters. The Hall–Kier alpha value is -0.780. The lowest BCUT2D eigenvalue weighted by molar-refractivity contribution is 0.521. The molecule has 0 nitrogen and oxygen atoms in total. The second kappa shape index (κ2) is 17.6. The predicted octanol–water partition coefficient (Wildman–Crippen LogP) is 9.44. The minimum atomic E-state index is 0.725. The lowest BCUT2D eigenvalue weighted by Gasteiger charge is -2.11. The van der Waals surface area contributed by atoms with Gasteiger partial charge in [-0.05, 0) is 17.9 Å². The van der Waals surface area contributed by atoms with Crippen LogP contribution >= 0.6 is 0 Å². The molecule has 150 valence electrons. The monoisotopic (exact) mass is 358 g/mol. The van der Waals surface area contributed by atoms with Crippen LogP contribution in [-0.4, -0.2) is 0 Å². The van der Waals surface area contributed by atoms with Gasteiger partial charge in [-0.25, -0.2) is 0 Å². The summed E-state index contributed by atoms with van der Waals surface area (Å²) in [6, 6.07) is 11.0. The Kier molecular flexibility index (Phi) is 15.8. The molecule has 1 unspecified atom stereocenters. The summed E-state index contributed by atoms with van der Waals surface area (Å²) < 4.78 is 0. The molecule has 0 bridgehead atoms. The molecule has 0 radical (unpaired) electrons. The molecule has 0 aliphatic heterocycles. The highest BCUT2D eigenvalue weighted by molar-refractivity contribution is 5.18. The molecule has 0 saturated heterocycles. The van der Waals surface area contributed by atoms with E-state index < -0.39 is 0 Å². The van der Waals surface area contributed by atoms with Crippen molar-refractivity contribution < 1.29 is 0 Å². The number of hydrogen-bond donors (Lipinski definition) is 0. The van der Waals surface area contributed by atoms with Crippen molar-refractivity contribution >= 4 is 0 Å². The summed E-state index contributed by atoms with van der Waals surface area (Å²) in [5.41, 5.74) is 1.51. The lowest BCUT2D eigenvalue weighted by atomic mass is 9.95. The minimum Gasteiger partial charge on any atom is -0.0654 e. The zero-order chi connectivity index (χ0) is 18.7. The molecule has 0 spiro atoms. The summed E-state index contributed by atoms with van der Waals surface area (Å²) in [4.78, 5) is 0. The van der Waals surface area contributed by atoms with E-state index in [4.69, 9.17) is 0 Å². The van der Waals surface area contributed by atoms with Gasteiger partial charge < -0.3 is 0 Å². The van der Waals surface area contributed by atoms with Crippen molar-refractivity contribution in [2.75, 3.05) is 0 Å². The highest BCUT2D eigenvalue weighted by atomic mass is 14.1. The summed E-state index contributed by atoms with van der Waals surface area (Å²) in [6.45, 7) is 4.67. The van der Waals surface area contributed by atoms with Gasteiger partial charge in [0.2, 0.25) is 0 Å². The Morgan fingerprint density at radius 2 is 0.923 bits per heavy atom. The van der Waals surface area contributed by atoms with Crippen LogP contribution in [0.1, 0.15) is 134 Å². The zero-order valence-electron chi connectivity index (χ0n) is 18.0. The van der Waals surface area contributed by atoms with Crippen LogP contribution in [0.4, 0.5) is 0 Å². The minimum absolute atomic E-state index is 0.725. The van der Waals surface area contributed by atoms with Gasteiger partial charge in [-0.3, -0.25) is 0 Å². The van der Waals surface area contributed by atoms with Gasteiger partial charge in [-0.2, -0.15) is 0 Å². The molecule has 1 aromatic rings. The first-order valence-electron chi connectivity index (χ1n) is 11.9. The molecular weight excluding hydrogens is 312 g/mol. The van der Waals surface area contributed by atoms with Gasteiger partial charge in [0.1, 0.15) is 0 Å². The van der Waals surface area contributed by atoms with E-state index >= 15 is 0 Å². The molecule has 0 saturated carbocycles. The van der Waals surface area contributed by atoms with Gasteiger partial charge in [0.25, 0.3) is 0 Å². The second-order valence-electron chi connectivity index (χ2n) is 8.40. The molecule has 0 aliphatic rings. The molecule has 1 aromatic carbocycles. The molecule has 0 aliphatic carbocycles. The van der Waals surface area contributed by atoms with Crippen LogP contribution in [0.15, 0.2) is 30.3 Å². The second-order valence-corrected chi connectivity index (χ2v) is 8.40. The maximum Gasteiger partial charge on any atom is -0.0190 e. The maximum absolute atomic E-state index is 2.38. The first-order chi connectivity index (χ1) is 12.8. The smallest absolute Gasteiger partial charge is 0.0190 e. The molecule has 0 N–H and O–H groups in total. The maximum atomic E-state index is 2.38. The van der Waals surface area contributed by atoms with Crippen molar-refractivity contribution in [2.24, 2.45) is 0 Å². The third-order valence-electron chi connectivity index (χ3n) is 5.86. The third-order valence-corrected chi connectivity index (χ3v) is 5.86. The van der Waals surface area contributed by atoms with Gasteiger partial charge in [-0.15, -0.1) is 0 Å². The van der Waals surface area contributed by atoms with Crippen LogP contribution in [0, 0.1) is 0 Å². The van der Waals surface area contributed by atoms with Crippen LogP contribution in [-0.2, 0) is 0 Å². The molecular formula is C26H46. The first kappa shape index (κ1) is 23.3. The average Bonchev–Trinajstić information content (AvgIpc) is 2.68. The van der Waals surface area contributed by atoms with Crippen LogP contribution in [0.2, 0.25) is 0 Å². The van der Waals surface area contributed by atoms with Crippen LogP contribution < -0.4 is 0 Å².